The molecule has 3 rings (SSSR count). The minimum Gasteiger partial charge on any atom is -0.493 e. The maximum Gasteiger partial charge on any atom is 0.153 e. The predicted molar refractivity (Wildman–Crippen MR) is 78.9 cm³/mol. The van der Waals surface area contributed by atoms with Crippen LogP contribution >= 0.6 is 0 Å². The molecule has 0 radical (unpaired) electrons. The third-order valence-corrected chi connectivity index (χ3v) is 4.82. The second kappa shape index (κ2) is 5.57. The van der Waals surface area contributed by atoms with Gasteiger partial charge in [-0.05, 0) is 36.8 Å². The molecule has 2 N–H and O–H groups in total. The zero-order valence-electron chi connectivity index (χ0n) is 11.9. The Bertz CT molecular complexity index is 492. The number of hydrogen-bond donors (Lipinski definition) is 1. The maximum absolute atomic E-state index is 12.6. The highest BCUT2D eigenvalue weighted by Gasteiger charge is 2.37. The van der Waals surface area contributed by atoms with Crippen LogP contribution in [0.3, 0.4) is 0 Å². The Labute approximate surface area is 120 Å². The average Bonchev–Trinajstić information content (AvgIpc) is 2.48. The lowest BCUT2D eigenvalue weighted by molar-refractivity contribution is -0.125. The van der Waals surface area contributed by atoms with Crippen LogP contribution in [0.1, 0.15) is 56.4 Å². The van der Waals surface area contributed by atoms with Crippen LogP contribution in [0.5, 0.6) is 5.75 Å². The molecule has 1 aromatic carbocycles. The summed E-state index contributed by atoms with van der Waals surface area (Å²) in [6.07, 6.45) is 6.59. The van der Waals surface area contributed by atoms with E-state index in [1.54, 1.807) is 0 Å². The van der Waals surface area contributed by atoms with E-state index in [0.29, 0.717) is 13.0 Å². The summed E-state index contributed by atoms with van der Waals surface area (Å²) in [5.41, 5.74) is 6.97. The molecule has 108 valence electrons. The molecule has 2 aliphatic rings. The maximum atomic E-state index is 12.6. The number of rotatable bonds is 3. The number of carbonyl (C=O) groups is 1. The Morgan fingerprint density at radius 1 is 1.25 bits per heavy atom. The summed E-state index contributed by atoms with van der Waals surface area (Å²) in [6.45, 7) is 0.701. The Morgan fingerprint density at radius 3 is 2.80 bits per heavy atom. The van der Waals surface area contributed by atoms with Gasteiger partial charge in [0.25, 0.3) is 0 Å². The van der Waals surface area contributed by atoms with E-state index in [2.05, 4.69) is 6.07 Å². The van der Waals surface area contributed by atoms with Crippen LogP contribution in [0.25, 0.3) is 0 Å². The van der Waals surface area contributed by atoms with Crippen molar-refractivity contribution < 1.29 is 9.53 Å². The van der Waals surface area contributed by atoms with E-state index in [1.807, 2.05) is 18.2 Å². The molecule has 1 atom stereocenters. The number of para-hydroxylation sites is 1. The zero-order chi connectivity index (χ0) is 14.0. The van der Waals surface area contributed by atoms with Gasteiger partial charge in [0.2, 0.25) is 0 Å². The third kappa shape index (κ3) is 2.59. The Morgan fingerprint density at radius 2 is 2.00 bits per heavy atom. The molecule has 0 saturated heterocycles. The second-order valence-corrected chi connectivity index (χ2v) is 6.22. The standard InChI is InChI=1S/C17H23NO2/c18-17(9-4-1-5-10-17)16(19)12-13-8-11-20-15-7-3-2-6-14(13)15/h2-3,6-7,13H,1,4-5,8-12,18H2. The quantitative estimate of drug-likeness (QED) is 0.920. The number of Topliss-reactive ketones (excluding diaryl/α,β-unsaturated/α-hetero) is 1. The Balaban J connectivity index is 1.74. The molecule has 0 bridgehead atoms. The minimum absolute atomic E-state index is 0.249. The number of fused-ring (bicyclic) bond motifs is 1. The Hall–Kier alpha value is -1.35. The normalized spacial score (nSPS) is 24.6. The molecule has 1 saturated carbocycles. The first-order chi connectivity index (χ1) is 9.69. The number of ether oxygens (including phenoxy) is 1. The van der Waals surface area contributed by atoms with E-state index in [4.69, 9.17) is 10.5 Å². The number of benzene rings is 1. The van der Waals surface area contributed by atoms with Gasteiger partial charge in [-0.1, -0.05) is 37.5 Å². The van der Waals surface area contributed by atoms with E-state index in [0.717, 1.165) is 37.9 Å². The number of ketones is 1. The van der Waals surface area contributed by atoms with Crippen molar-refractivity contribution in [2.75, 3.05) is 6.61 Å². The number of nitrogens with two attached hydrogens (primary N) is 1. The summed E-state index contributed by atoms with van der Waals surface area (Å²) < 4.78 is 5.66. The van der Waals surface area contributed by atoms with Gasteiger partial charge in [-0.2, -0.15) is 0 Å². The highest BCUT2D eigenvalue weighted by Crippen LogP contribution is 2.38. The fourth-order valence-corrected chi connectivity index (χ4v) is 3.52. The summed E-state index contributed by atoms with van der Waals surface area (Å²) >= 11 is 0. The number of hydrogen-bond acceptors (Lipinski definition) is 3. The monoisotopic (exact) mass is 273 g/mol. The summed E-state index contributed by atoms with van der Waals surface area (Å²) in [7, 11) is 0. The highest BCUT2D eigenvalue weighted by molar-refractivity contribution is 5.89. The van der Waals surface area contributed by atoms with E-state index >= 15 is 0 Å². The molecule has 3 nitrogen and oxygen atoms in total. The lowest BCUT2D eigenvalue weighted by atomic mass is 9.75. The van der Waals surface area contributed by atoms with Gasteiger partial charge in [0.05, 0.1) is 12.1 Å². The molecule has 0 aromatic heterocycles. The lowest BCUT2D eigenvalue weighted by Crippen LogP contribution is -2.49. The van der Waals surface area contributed by atoms with Crippen LogP contribution in [0.15, 0.2) is 24.3 Å². The first-order valence-electron chi connectivity index (χ1n) is 7.73. The van der Waals surface area contributed by atoms with E-state index in [9.17, 15) is 4.79 Å². The third-order valence-electron chi connectivity index (χ3n) is 4.82. The van der Waals surface area contributed by atoms with E-state index in [1.165, 1.54) is 12.0 Å². The molecular weight excluding hydrogens is 250 g/mol. The first kappa shape index (κ1) is 13.6. The molecule has 0 spiro atoms. The number of carbonyl (C=O) groups excluding carboxylic acids is 1. The molecule has 0 amide bonds. The molecule has 1 unspecified atom stereocenters. The van der Waals surface area contributed by atoms with Gasteiger partial charge >= 0.3 is 0 Å². The van der Waals surface area contributed by atoms with Crippen molar-refractivity contribution in [3.05, 3.63) is 29.8 Å². The first-order valence-corrected chi connectivity index (χ1v) is 7.73. The average molecular weight is 273 g/mol. The van der Waals surface area contributed by atoms with Gasteiger partial charge < -0.3 is 10.5 Å². The van der Waals surface area contributed by atoms with Gasteiger partial charge in [0.1, 0.15) is 5.75 Å². The highest BCUT2D eigenvalue weighted by atomic mass is 16.5. The van der Waals surface area contributed by atoms with Crippen molar-refractivity contribution in [1.82, 2.24) is 0 Å². The van der Waals surface area contributed by atoms with Crippen LogP contribution in [-0.4, -0.2) is 17.9 Å². The van der Waals surface area contributed by atoms with Crippen molar-refractivity contribution in [3.63, 3.8) is 0 Å². The molecular formula is C17H23NO2. The molecule has 1 aromatic rings. The van der Waals surface area contributed by atoms with Crippen LogP contribution in [0.4, 0.5) is 0 Å². The predicted octanol–water partition coefficient (Wildman–Crippen LogP) is 3.17. The van der Waals surface area contributed by atoms with Crippen LogP contribution < -0.4 is 10.5 Å². The fourth-order valence-electron chi connectivity index (χ4n) is 3.52. The fraction of sp³-hybridized carbons (Fsp3) is 0.588. The van der Waals surface area contributed by atoms with Crippen LogP contribution in [-0.2, 0) is 4.79 Å². The van der Waals surface area contributed by atoms with Crippen molar-refractivity contribution in [1.29, 1.82) is 0 Å². The van der Waals surface area contributed by atoms with Gasteiger partial charge in [-0.3, -0.25) is 4.79 Å². The van der Waals surface area contributed by atoms with Crippen molar-refractivity contribution in [3.8, 4) is 5.75 Å². The topological polar surface area (TPSA) is 52.3 Å². The van der Waals surface area contributed by atoms with Crippen molar-refractivity contribution in [2.45, 2.75) is 56.4 Å². The second-order valence-electron chi connectivity index (χ2n) is 6.22. The van der Waals surface area contributed by atoms with Gasteiger partial charge in [0, 0.05) is 6.42 Å². The van der Waals surface area contributed by atoms with Crippen molar-refractivity contribution >= 4 is 5.78 Å². The Kier molecular flexibility index (Phi) is 3.79. The van der Waals surface area contributed by atoms with Gasteiger partial charge in [-0.15, -0.1) is 0 Å². The molecule has 1 aliphatic heterocycles. The van der Waals surface area contributed by atoms with Gasteiger partial charge in [0.15, 0.2) is 5.78 Å². The summed E-state index contributed by atoms with van der Waals surface area (Å²) in [5.74, 6) is 1.46. The largest absolute Gasteiger partial charge is 0.493 e. The minimum atomic E-state index is -0.564. The smallest absolute Gasteiger partial charge is 0.153 e. The summed E-state index contributed by atoms with van der Waals surface area (Å²) in [6, 6.07) is 8.07. The lowest BCUT2D eigenvalue weighted by Gasteiger charge is -2.34. The molecule has 1 aliphatic carbocycles. The summed E-state index contributed by atoms with van der Waals surface area (Å²) in [5, 5.41) is 0. The van der Waals surface area contributed by atoms with E-state index < -0.39 is 5.54 Å². The molecule has 3 heteroatoms. The van der Waals surface area contributed by atoms with Crippen LogP contribution in [0.2, 0.25) is 0 Å². The molecule has 20 heavy (non-hydrogen) atoms. The summed E-state index contributed by atoms with van der Waals surface area (Å²) in [4.78, 5) is 12.6. The zero-order valence-corrected chi connectivity index (χ0v) is 11.9. The van der Waals surface area contributed by atoms with Gasteiger partial charge in [-0.25, -0.2) is 0 Å². The van der Waals surface area contributed by atoms with E-state index in [-0.39, 0.29) is 11.7 Å². The molecule has 1 heterocycles. The van der Waals surface area contributed by atoms with Crippen LogP contribution in [0, 0.1) is 0 Å². The van der Waals surface area contributed by atoms with Crippen molar-refractivity contribution in [2.24, 2.45) is 5.73 Å². The SMILES string of the molecule is NC1(C(=O)CC2CCOc3ccccc32)CCCCC1. The molecule has 1 fully saturated rings.